The van der Waals surface area contributed by atoms with E-state index in [-0.39, 0.29) is 11.9 Å². The van der Waals surface area contributed by atoms with Crippen LogP contribution in [-0.4, -0.2) is 56.3 Å². The van der Waals surface area contributed by atoms with Crippen molar-refractivity contribution in [3.05, 3.63) is 60.7 Å². The number of sulfonamides is 1. The Morgan fingerprint density at radius 3 is 2.28 bits per heavy atom. The van der Waals surface area contributed by atoms with Crippen molar-refractivity contribution in [1.29, 1.82) is 0 Å². The molecule has 0 unspecified atom stereocenters. The lowest BCUT2D eigenvalue weighted by Gasteiger charge is -2.34. The van der Waals surface area contributed by atoms with Crippen LogP contribution in [0, 0.1) is 5.41 Å². The second-order valence-corrected chi connectivity index (χ2v) is 9.92. The SMILES string of the molecule is CN1CC[C@@]2(C(=O)Nc3ccccc3)CCN(S(=O)(=O)c3ccccc3)CC[C@@H]12. The molecule has 2 heterocycles. The molecule has 2 aliphatic rings. The maximum Gasteiger partial charge on any atom is 0.243 e. The average Bonchev–Trinajstić information content (AvgIpc) is 2.93. The van der Waals surface area contributed by atoms with Crippen molar-refractivity contribution in [2.45, 2.75) is 30.2 Å². The van der Waals surface area contributed by atoms with Gasteiger partial charge in [-0.15, -0.1) is 0 Å². The number of nitrogens with zero attached hydrogens (tertiary/aromatic N) is 2. The molecule has 2 aromatic rings. The summed E-state index contributed by atoms with van der Waals surface area (Å²) >= 11 is 0. The molecule has 0 aliphatic carbocycles. The summed E-state index contributed by atoms with van der Waals surface area (Å²) in [5.41, 5.74) is 0.198. The molecule has 0 saturated carbocycles. The number of hydrogen-bond acceptors (Lipinski definition) is 4. The van der Waals surface area contributed by atoms with Gasteiger partial charge in [0.25, 0.3) is 0 Å². The number of nitrogens with one attached hydrogen (secondary N) is 1. The second kappa shape index (κ2) is 7.89. The van der Waals surface area contributed by atoms with Gasteiger partial charge in [-0.3, -0.25) is 4.79 Å². The summed E-state index contributed by atoms with van der Waals surface area (Å²) in [6.07, 6.45) is 1.91. The molecule has 2 aromatic carbocycles. The molecule has 2 fully saturated rings. The lowest BCUT2D eigenvalue weighted by atomic mass is 9.75. The predicted molar refractivity (Wildman–Crippen MR) is 113 cm³/mol. The van der Waals surface area contributed by atoms with Crippen LogP contribution in [0.5, 0.6) is 0 Å². The van der Waals surface area contributed by atoms with Crippen LogP contribution in [0.1, 0.15) is 19.3 Å². The maximum atomic E-state index is 13.4. The van der Waals surface area contributed by atoms with Gasteiger partial charge >= 0.3 is 0 Å². The Kier molecular flexibility index (Phi) is 5.46. The van der Waals surface area contributed by atoms with Gasteiger partial charge in [-0.05, 0) is 57.1 Å². The van der Waals surface area contributed by atoms with E-state index in [0.29, 0.717) is 30.8 Å². The summed E-state index contributed by atoms with van der Waals surface area (Å²) in [6.45, 7) is 1.62. The lowest BCUT2D eigenvalue weighted by Crippen LogP contribution is -2.46. The highest BCUT2D eigenvalue weighted by atomic mass is 32.2. The van der Waals surface area contributed by atoms with Crippen molar-refractivity contribution in [1.82, 2.24) is 9.21 Å². The molecule has 6 nitrogen and oxygen atoms in total. The minimum atomic E-state index is -3.56. The van der Waals surface area contributed by atoms with Crippen molar-refractivity contribution >= 4 is 21.6 Å². The zero-order valence-corrected chi connectivity index (χ0v) is 17.4. The number of carbonyl (C=O) groups excluding carboxylic acids is 1. The van der Waals surface area contributed by atoms with E-state index in [2.05, 4.69) is 10.2 Å². The summed E-state index contributed by atoms with van der Waals surface area (Å²) in [6, 6.07) is 18.0. The normalized spacial score (nSPS) is 25.9. The zero-order valence-electron chi connectivity index (χ0n) is 16.6. The van der Waals surface area contributed by atoms with Gasteiger partial charge in [0.05, 0.1) is 10.3 Å². The zero-order chi connectivity index (χ0) is 20.5. The highest BCUT2D eigenvalue weighted by Crippen LogP contribution is 2.44. The Balaban J connectivity index is 1.59. The van der Waals surface area contributed by atoms with E-state index in [1.54, 1.807) is 28.6 Å². The standard InChI is InChI=1S/C22H27N3O3S/c1-24-16-13-22(21(26)23-18-8-4-2-5-9-18)14-17-25(15-12-20(22)24)29(27,28)19-10-6-3-7-11-19/h2-11,20H,12-17H2,1H3,(H,23,26)/t20-,22-/m1/s1. The van der Waals surface area contributed by atoms with Crippen LogP contribution in [-0.2, 0) is 14.8 Å². The van der Waals surface area contributed by atoms with E-state index in [1.165, 1.54) is 0 Å². The number of para-hydroxylation sites is 1. The van der Waals surface area contributed by atoms with Crippen molar-refractivity contribution in [2.75, 3.05) is 32.0 Å². The molecule has 2 saturated heterocycles. The van der Waals surface area contributed by atoms with Crippen molar-refractivity contribution in [3.63, 3.8) is 0 Å². The number of anilines is 1. The van der Waals surface area contributed by atoms with E-state index in [0.717, 1.165) is 18.7 Å². The molecule has 1 N–H and O–H groups in total. The largest absolute Gasteiger partial charge is 0.326 e. The maximum absolute atomic E-state index is 13.4. The number of likely N-dealkylation sites (tertiary alicyclic amines) is 1. The van der Waals surface area contributed by atoms with Crippen LogP contribution in [0.2, 0.25) is 0 Å². The molecular weight excluding hydrogens is 386 g/mol. The lowest BCUT2D eigenvalue weighted by molar-refractivity contribution is -0.127. The van der Waals surface area contributed by atoms with Gasteiger partial charge < -0.3 is 10.2 Å². The summed E-state index contributed by atoms with van der Waals surface area (Å²) in [4.78, 5) is 15.9. The summed E-state index contributed by atoms with van der Waals surface area (Å²) in [5, 5.41) is 3.07. The number of benzene rings is 2. The van der Waals surface area contributed by atoms with Crippen LogP contribution in [0.15, 0.2) is 65.6 Å². The minimum Gasteiger partial charge on any atom is -0.326 e. The topological polar surface area (TPSA) is 69.7 Å². The third-order valence-corrected chi connectivity index (χ3v) is 8.32. The summed E-state index contributed by atoms with van der Waals surface area (Å²) in [7, 11) is -1.53. The van der Waals surface area contributed by atoms with Crippen molar-refractivity contribution in [2.24, 2.45) is 5.41 Å². The van der Waals surface area contributed by atoms with Gasteiger partial charge in [0.15, 0.2) is 0 Å². The number of amides is 1. The van der Waals surface area contributed by atoms with E-state index in [9.17, 15) is 13.2 Å². The number of carbonyl (C=O) groups is 1. The molecule has 0 radical (unpaired) electrons. The highest BCUT2D eigenvalue weighted by Gasteiger charge is 2.53. The molecule has 29 heavy (non-hydrogen) atoms. The van der Waals surface area contributed by atoms with Crippen LogP contribution in [0.3, 0.4) is 0 Å². The molecule has 0 aromatic heterocycles. The first-order valence-electron chi connectivity index (χ1n) is 10.1. The number of rotatable bonds is 4. The van der Waals surface area contributed by atoms with Crippen molar-refractivity contribution in [3.8, 4) is 0 Å². The second-order valence-electron chi connectivity index (χ2n) is 7.98. The van der Waals surface area contributed by atoms with Crippen LogP contribution in [0.4, 0.5) is 5.69 Å². The third-order valence-electron chi connectivity index (χ3n) is 6.40. The molecule has 2 atom stereocenters. The van der Waals surface area contributed by atoms with Gasteiger partial charge in [0.2, 0.25) is 15.9 Å². The monoisotopic (exact) mass is 413 g/mol. The highest BCUT2D eigenvalue weighted by molar-refractivity contribution is 7.89. The summed E-state index contributed by atoms with van der Waals surface area (Å²) < 4.78 is 27.8. The average molecular weight is 414 g/mol. The molecular formula is C22H27N3O3S. The van der Waals surface area contributed by atoms with Gasteiger partial charge in [0, 0.05) is 24.8 Å². The van der Waals surface area contributed by atoms with Gasteiger partial charge in [-0.2, -0.15) is 4.31 Å². The molecule has 7 heteroatoms. The summed E-state index contributed by atoms with van der Waals surface area (Å²) in [5.74, 6) is -0.00277. The van der Waals surface area contributed by atoms with Gasteiger partial charge in [-0.1, -0.05) is 36.4 Å². The molecule has 154 valence electrons. The van der Waals surface area contributed by atoms with E-state index in [4.69, 9.17) is 0 Å². The van der Waals surface area contributed by atoms with Crippen LogP contribution < -0.4 is 5.32 Å². The van der Waals surface area contributed by atoms with Crippen molar-refractivity contribution < 1.29 is 13.2 Å². The molecule has 0 bridgehead atoms. The number of fused-ring (bicyclic) bond motifs is 1. The van der Waals surface area contributed by atoms with E-state index < -0.39 is 15.4 Å². The first-order chi connectivity index (χ1) is 13.9. The third kappa shape index (κ3) is 3.70. The number of hydrogen-bond donors (Lipinski definition) is 1. The van der Waals surface area contributed by atoms with E-state index in [1.807, 2.05) is 43.4 Å². The van der Waals surface area contributed by atoms with Crippen LogP contribution in [0.25, 0.3) is 0 Å². The quantitative estimate of drug-likeness (QED) is 0.837. The molecule has 0 spiro atoms. The van der Waals surface area contributed by atoms with Gasteiger partial charge in [0.1, 0.15) is 0 Å². The van der Waals surface area contributed by atoms with Gasteiger partial charge in [-0.25, -0.2) is 8.42 Å². The smallest absolute Gasteiger partial charge is 0.243 e. The Hall–Kier alpha value is -2.22. The Labute approximate surface area is 172 Å². The first kappa shape index (κ1) is 20.1. The predicted octanol–water partition coefficient (Wildman–Crippen LogP) is 2.80. The molecule has 2 aliphatic heterocycles. The van der Waals surface area contributed by atoms with Crippen LogP contribution >= 0.6 is 0 Å². The molecule has 1 amide bonds. The fraction of sp³-hybridized carbons (Fsp3) is 0.409. The fourth-order valence-electron chi connectivity index (χ4n) is 4.75. The fourth-order valence-corrected chi connectivity index (χ4v) is 6.22. The molecule has 4 rings (SSSR count). The Morgan fingerprint density at radius 1 is 0.966 bits per heavy atom. The van der Waals surface area contributed by atoms with E-state index >= 15 is 0 Å². The first-order valence-corrected chi connectivity index (χ1v) is 11.5. The Bertz CT molecular complexity index is 965. The minimum absolute atomic E-state index is 0.00277. The Morgan fingerprint density at radius 2 is 1.59 bits per heavy atom.